The molecule has 2 heterocycles. The Bertz CT molecular complexity index is 568. The van der Waals surface area contributed by atoms with E-state index in [1.54, 1.807) is 11.3 Å². The van der Waals surface area contributed by atoms with Crippen LogP contribution in [0.1, 0.15) is 35.3 Å². The number of nitrogens with zero attached hydrogens (tertiary/aromatic N) is 3. The average Bonchev–Trinajstić information content (AvgIpc) is 2.84. The van der Waals surface area contributed by atoms with Gasteiger partial charge in [-0.1, -0.05) is 13.3 Å². The predicted octanol–water partition coefficient (Wildman–Crippen LogP) is 4.17. The van der Waals surface area contributed by atoms with E-state index in [0.29, 0.717) is 5.88 Å². The van der Waals surface area contributed by atoms with E-state index in [2.05, 4.69) is 34.3 Å². The Hall–Kier alpha value is -1.13. The Kier molecular flexibility index (Phi) is 5.38. The van der Waals surface area contributed by atoms with Crippen molar-refractivity contribution < 1.29 is 0 Å². The molecule has 0 unspecified atom stereocenters. The first-order valence-corrected chi connectivity index (χ1v) is 8.21. The van der Waals surface area contributed by atoms with Crippen LogP contribution in [0.3, 0.4) is 0 Å². The largest absolute Gasteiger partial charge is 0.354 e. The molecular weight excluding hydrogens is 290 g/mol. The monoisotopic (exact) mass is 309 g/mol. The average molecular weight is 310 g/mol. The van der Waals surface area contributed by atoms with E-state index in [1.807, 2.05) is 14.0 Å². The fourth-order valence-electron chi connectivity index (χ4n) is 2.09. The molecule has 2 aromatic heterocycles. The Morgan fingerprint density at radius 2 is 2.05 bits per heavy atom. The van der Waals surface area contributed by atoms with Crippen LogP contribution in [0.5, 0.6) is 0 Å². The lowest BCUT2D eigenvalue weighted by molar-refractivity contribution is 0.836. The molecule has 20 heavy (non-hydrogen) atoms. The number of aromatic nitrogens is 2. The molecule has 0 saturated heterocycles. The summed E-state index contributed by atoms with van der Waals surface area (Å²) in [6, 6.07) is 4.16. The van der Waals surface area contributed by atoms with E-state index in [1.165, 1.54) is 0 Å². The van der Waals surface area contributed by atoms with Gasteiger partial charge in [0.15, 0.2) is 0 Å². The van der Waals surface area contributed by atoms with Gasteiger partial charge in [-0.2, -0.15) is 0 Å². The van der Waals surface area contributed by atoms with Crippen molar-refractivity contribution in [2.75, 3.05) is 11.9 Å². The first kappa shape index (κ1) is 15.3. The third-order valence-corrected chi connectivity index (χ3v) is 4.17. The highest BCUT2D eigenvalue weighted by Gasteiger charge is 2.09. The van der Waals surface area contributed by atoms with Crippen LogP contribution in [0.25, 0.3) is 0 Å². The van der Waals surface area contributed by atoms with E-state index in [0.717, 1.165) is 47.2 Å². The molecule has 0 amide bonds. The summed E-state index contributed by atoms with van der Waals surface area (Å²) in [6.07, 6.45) is 2.08. The van der Waals surface area contributed by atoms with Crippen molar-refractivity contribution in [2.45, 2.75) is 39.1 Å². The van der Waals surface area contributed by atoms with Gasteiger partial charge in [-0.15, -0.1) is 22.9 Å². The second kappa shape index (κ2) is 7.04. The molecule has 0 spiro atoms. The summed E-state index contributed by atoms with van der Waals surface area (Å²) in [7, 11) is 2.05. The molecule has 5 heteroatoms. The number of hydrogen-bond donors (Lipinski definition) is 0. The zero-order valence-electron chi connectivity index (χ0n) is 12.2. The minimum atomic E-state index is 0.524. The van der Waals surface area contributed by atoms with Gasteiger partial charge < -0.3 is 4.90 Å². The maximum absolute atomic E-state index is 5.98. The number of aryl methyl sites for hydroxylation is 2. The standard InChI is InChI=1S/C15H20ClN3S/c1-4-5-13-6-12(8-16)7-15(18-13)19(3)9-14-10-20-11(2)17-14/h6-7,10H,4-5,8-9H2,1-3H3. The summed E-state index contributed by atoms with van der Waals surface area (Å²) >= 11 is 7.66. The molecule has 2 aromatic rings. The number of thiazole rings is 1. The summed E-state index contributed by atoms with van der Waals surface area (Å²) in [6.45, 7) is 4.96. The van der Waals surface area contributed by atoms with Crippen molar-refractivity contribution in [2.24, 2.45) is 0 Å². The van der Waals surface area contributed by atoms with E-state index in [-0.39, 0.29) is 0 Å². The van der Waals surface area contributed by atoms with Crippen molar-refractivity contribution >= 4 is 28.8 Å². The molecule has 0 saturated carbocycles. The molecule has 0 bridgehead atoms. The normalized spacial score (nSPS) is 10.8. The Morgan fingerprint density at radius 3 is 2.65 bits per heavy atom. The number of hydrogen-bond acceptors (Lipinski definition) is 4. The van der Waals surface area contributed by atoms with E-state index >= 15 is 0 Å². The van der Waals surface area contributed by atoms with Crippen LogP contribution in [0.2, 0.25) is 0 Å². The van der Waals surface area contributed by atoms with Gasteiger partial charge in [-0.05, 0) is 31.0 Å². The quantitative estimate of drug-likeness (QED) is 0.750. The molecule has 0 fully saturated rings. The van der Waals surface area contributed by atoms with Gasteiger partial charge in [0.1, 0.15) is 5.82 Å². The highest BCUT2D eigenvalue weighted by atomic mass is 35.5. The van der Waals surface area contributed by atoms with Crippen LogP contribution in [0.15, 0.2) is 17.5 Å². The Morgan fingerprint density at radius 1 is 1.25 bits per heavy atom. The van der Waals surface area contributed by atoms with Gasteiger partial charge in [-0.25, -0.2) is 9.97 Å². The molecule has 0 aliphatic carbocycles. The van der Waals surface area contributed by atoms with Crippen LogP contribution >= 0.6 is 22.9 Å². The lowest BCUT2D eigenvalue weighted by Gasteiger charge is -2.18. The van der Waals surface area contributed by atoms with Crippen molar-refractivity contribution in [3.05, 3.63) is 39.5 Å². The fourth-order valence-corrected chi connectivity index (χ4v) is 2.85. The zero-order valence-corrected chi connectivity index (χ0v) is 13.8. The molecule has 0 aromatic carbocycles. The van der Waals surface area contributed by atoms with Crippen molar-refractivity contribution in [3.63, 3.8) is 0 Å². The number of pyridine rings is 1. The van der Waals surface area contributed by atoms with Crippen molar-refractivity contribution in [3.8, 4) is 0 Å². The topological polar surface area (TPSA) is 29.0 Å². The molecule has 2 rings (SSSR count). The Labute approximate surface area is 129 Å². The highest BCUT2D eigenvalue weighted by molar-refractivity contribution is 7.09. The van der Waals surface area contributed by atoms with Gasteiger partial charge >= 0.3 is 0 Å². The van der Waals surface area contributed by atoms with Crippen LogP contribution < -0.4 is 4.90 Å². The van der Waals surface area contributed by atoms with E-state index in [4.69, 9.17) is 16.6 Å². The first-order chi connectivity index (χ1) is 9.62. The van der Waals surface area contributed by atoms with Crippen LogP contribution in [0.4, 0.5) is 5.82 Å². The lowest BCUT2D eigenvalue weighted by Crippen LogP contribution is -2.18. The van der Waals surface area contributed by atoms with Gasteiger partial charge in [0.2, 0.25) is 0 Å². The summed E-state index contributed by atoms with van der Waals surface area (Å²) in [5.74, 6) is 1.49. The van der Waals surface area contributed by atoms with Gasteiger partial charge in [-0.3, -0.25) is 0 Å². The van der Waals surface area contributed by atoms with Gasteiger partial charge in [0.25, 0.3) is 0 Å². The maximum Gasteiger partial charge on any atom is 0.129 e. The van der Waals surface area contributed by atoms with Gasteiger partial charge in [0.05, 0.1) is 17.2 Å². The molecule has 108 valence electrons. The van der Waals surface area contributed by atoms with Crippen LogP contribution in [0, 0.1) is 6.92 Å². The second-order valence-electron chi connectivity index (χ2n) is 4.92. The Balaban J connectivity index is 2.19. The zero-order chi connectivity index (χ0) is 14.5. The van der Waals surface area contributed by atoms with Crippen molar-refractivity contribution in [1.82, 2.24) is 9.97 Å². The highest BCUT2D eigenvalue weighted by Crippen LogP contribution is 2.19. The summed E-state index contributed by atoms with van der Waals surface area (Å²) < 4.78 is 0. The number of alkyl halides is 1. The molecular formula is C15H20ClN3S. The smallest absolute Gasteiger partial charge is 0.129 e. The lowest BCUT2D eigenvalue weighted by atomic mass is 10.2. The summed E-state index contributed by atoms with van der Waals surface area (Å²) in [5, 5.41) is 3.20. The minimum Gasteiger partial charge on any atom is -0.354 e. The molecule has 0 atom stereocenters. The molecule has 0 N–H and O–H groups in total. The van der Waals surface area contributed by atoms with E-state index in [9.17, 15) is 0 Å². The second-order valence-corrected chi connectivity index (χ2v) is 6.25. The third kappa shape index (κ3) is 3.93. The van der Waals surface area contributed by atoms with Crippen LogP contribution in [-0.4, -0.2) is 17.0 Å². The summed E-state index contributed by atoms with van der Waals surface area (Å²) in [5.41, 5.74) is 3.33. The number of anilines is 1. The van der Waals surface area contributed by atoms with E-state index < -0.39 is 0 Å². The number of rotatable bonds is 6. The van der Waals surface area contributed by atoms with Crippen molar-refractivity contribution in [1.29, 1.82) is 0 Å². The SMILES string of the molecule is CCCc1cc(CCl)cc(N(C)Cc2csc(C)n2)n1. The van der Waals surface area contributed by atoms with Gasteiger partial charge in [0, 0.05) is 24.0 Å². The molecule has 0 radical (unpaired) electrons. The van der Waals surface area contributed by atoms with Crippen LogP contribution in [-0.2, 0) is 18.8 Å². The summed E-state index contributed by atoms with van der Waals surface area (Å²) in [4.78, 5) is 11.3. The predicted molar refractivity (Wildman–Crippen MR) is 86.7 cm³/mol. The molecule has 0 aliphatic rings. The number of halogens is 1. The molecule has 3 nitrogen and oxygen atoms in total. The fraction of sp³-hybridized carbons (Fsp3) is 0.467. The third-order valence-electron chi connectivity index (χ3n) is 3.04. The molecule has 0 aliphatic heterocycles. The minimum absolute atomic E-state index is 0.524. The first-order valence-electron chi connectivity index (χ1n) is 6.80. The maximum atomic E-state index is 5.98.